The number of hydrogen-bond donors (Lipinski definition) is 1. The Bertz CT molecular complexity index is 1370. The molecule has 1 aliphatic heterocycles. The van der Waals surface area contributed by atoms with Crippen molar-refractivity contribution in [1.82, 2.24) is 5.32 Å². The van der Waals surface area contributed by atoms with E-state index in [1.807, 2.05) is 19.1 Å². The van der Waals surface area contributed by atoms with Crippen molar-refractivity contribution in [3.8, 4) is 11.5 Å². The summed E-state index contributed by atoms with van der Waals surface area (Å²) in [4.78, 5) is 39.4. The van der Waals surface area contributed by atoms with Crippen molar-refractivity contribution < 1.29 is 28.2 Å². The third-order valence-electron chi connectivity index (χ3n) is 5.57. The lowest BCUT2D eigenvalue weighted by Crippen LogP contribution is -2.54. The molecule has 1 heterocycles. The Labute approximate surface area is 212 Å². The minimum atomic E-state index is -0.818. The number of aryl methyl sites for hydroxylation is 1. The highest BCUT2D eigenvalue weighted by molar-refractivity contribution is 6.39. The number of benzene rings is 3. The first-order chi connectivity index (χ1) is 17.3. The van der Waals surface area contributed by atoms with Crippen LogP contribution in [0.15, 0.2) is 66.2 Å². The fraction of sp³-hybridized carbons (Fsp3) is 0.148. The number of para-hydroxylation sites is 1. The van der Waals surface area contributed by atoms with E-state index in [4.69, 9.17) is 21.1 Å². The molecule has 0 spiro atoms. The van der Waals surface area contributed by atoms with Crippen LogP contribution in [0.3, 0.4) is 0 Å². The van der Waals surface area contributed by atoms with Crippen molar-refractivity contribution in [3.63, 3.8) is 0 Å². The highest BCUT2D eigenvalue weighted by Crippen LogP contribution is 2.38. The van der Waals surface area contributed by atoms with Gasteiger partial charge in [-0.2, -0.15) is 0 Å². The molecule has 0 saturated carbocycles. The second kappa shape index (κ2) is 10.6. The molecule has 1 fully saturated rings. The van der Waals surface area contributed by atoms with Crippen LogP contribution in [0.25, 0.3) is 6.08 Å². The van der Waals surface area contributed by atoms with Crippen molar-refractivity contribution >= 4 is 41.2 Å². The number of carbonyl (C=O) groups excluding carboxylic acids is 3. The van der Waals surface area contributed by atoms with Crippen molar-refractivity contribution in [1.29, 1.82) is 0 Å². The fourth-order valence-corrected chi connectivity index (χ4v) is 4.04. The molecule has 1 aliphatic rings. The monoisotopic (exact) mass is 508 g/mol. The van der Waals surface area contributed by atoms with Crippen molar-refractivity contribution in [2.45, 2.75) is 20.0 Å². The van der Waals surface area contributed by atoms with Gasteiger partial charge in [0.15, 0.2) is 11.5 Å². The molecule has 184 valence electrons. The van der Waals surface area contributed by atoms with Crippen LogP contribution in [0, 0.1) is 5.82 Å². The van der Waals surface area contributed by atoms with Gasteiger partial charge < -0.3 is 9.47 Å². The summed E-state index contributed by atoms with van der Waals surface area (Å²) in [5.74, 6) is -1.41. The molecule has 0 bridgehead atoms. The summed E-state index contributed by atoms with van der Waals surface area (Å²) in [7, 11) is 1.42. The van der Waals surface area contributed by atoms with Crippen LogP contribution in [0.5, 0.6) is 11.5 Å². The van der Waals surface area contributed by atoms with Crippen LogP contribution in [-0.2, 0) is 22.6 Å². The van der Waals surface area contributed by atoms with Gasteiger partial charge in [-0.15, -0.1) is 0 Å². The zero-order chi connectivity index (χ0) is 25.8. The van der Waals surface area contributed by atoms with Gasteiger partial charge in [0.1, 0.15) is 18.0 Å². The second-order valence-electron chi connectivity index (χ2n) is 7.89. The molecule has 36 heavy (non-hydrogen) atoms. The summed E-state index contributed by atoms with van der Waals surface area (Å²) in [6, 6.07) is 15.1. The van der Waals surface area contributed by atoms with Gasteiger partial charge in [0.05, 0.1) is 17.8 Å². The number of nitrogens with one attached hydrogen (secondary N) is 1. The van der Waals surface area contributed by atoms with E-state index in [9.17, 15) is 18.8 Å². The van der Waals surface area contributed by atoms with E-state index in [0.29, 0.717) is 17.7 Å². The minimum Gasteiger partial charge on any atom is -0.493 e. The van der Waals surface area contributed by atoms with Gasteiger partial charge in [-0.1, -0.05) is 48.9 Å². The lowest BCUT2D eigenvalue weighted by Gasteiger charge is -2.28. The van der Waals surface area contributed by atoms with Crippen LogP contribution in [0.2, 0.25) is 5.02 Å². The molecule has 4 amide bonds. The van der Waals surface area contributed by atoms with Crippen molar-refractivity contribution in [3.05, 3.63) is 93.8 Å². The molecule has 0 unspecified atom stereocenters. The van der Waals surface area contributed by atoms with Crippen LogP contribution < -0.4 is 19.7 Å². The average molecular weight is 509 g/mol. The maximum atomic E-state index is 13.3. The lowest BCUT2D eigenvalue weighted by molar-refractivity contribution is -0.122. The zero-order valence-corrected chi connectivity index (χ0v) is 20.3. The number of halogens is 2. The number of urea groups is 1. The first kappa shape index (κ1) is 24.9. The van der Waals surface area contributed by atoms with Crippen LogP contribution >= 0.6 is 11.6 Å². The Morgan fingerprint density at radius 2 is 1.78 bits per heavy atom. The Hall–Kier alpha value is -4.17. The largest absolute Gasteiger partial charge is 0.493 e. The van der Waals surface area contributed by atoms with Gasteiger partial charge in [-0.3, -0.25) is 14.9 Å². The summed E-state index contributed by atoms with van der Waals surface area (Å²) >= 11 is 6.44. The Balaban J connectivity index is 1.65. The highest BCUT2D eigenvalue weighted by Gasteiger charge is 2.37. The minimum absolute atomic E-state index is 0.117. The van der Waals surface area contributed by atoms with Crippen molar-refractivity contribution in [2.24, 2.45) is 0 Å². The van der Waals surface area contributed by atoms with Crippen LogP contribution in [-0.4, -0.2) is 25.0 Å². The number of imide groups is 2. The number of ether oxygens (including phenoxy) is 2. The van der Waals surface area contributed by atoms with E-state index in [1.54, 1.807) is 30.3 Å². The molecular formula is C27H22ClFN2O5. The number of amides is 4. The van der Waals surface area contributed by atoms with Crippen LogP contribution in [0.4, 0.5) is 14.9 Å². The quantitative estimate of drug-likeness (QED) is 0.346. The fourth-order valence-electron chi connectivity index (χ4n) is 3.77. The van der Waals surface area contributed by atoms with E-state index in [2.05, 4.69) is 5.32 Å². The highest BCUT2D eigenvalue weighted by atomic mass is 35.5. The molecule has 0 radical (unpaired) electrons. The summed E-state index contributed by atoms with van der Waals surface area (Å²) in [6.45, 7) is 2.02. The van der Waals surface area contributed by atoms with Gasteiger partial charge in [0.2, 0.25) is 0 Å². The molecule has 1 saturated heterocycles. The van der Waals surface area contributed by atoms with Crippen LogP contribution in [0.1, 0.15) is 23.6 Å². The van der Waals surface area contributed by atoms with E-state index < -0.39 is 17.8 Å². The standard InChI is InChI=1S/C27H22ClFN2O5/c1-3-18-6-4-5-7-22(18)31-26(33)20(25(32)30-27(31)34)12-17-13-21(28)24(23(14-17)35-2)36-15-16-8-10-19(29)11-9-16/h4-14H,3,15H2,1-2H3,(H,30,32,34)/b20-12-. The Kier molecular flexibility index (Phi) is 7.36. The molecule has 3 aromatic rings. The van der Waals surface area contributed by atoms with Gasteiger partial charge in [0.25, 0.3) is 11.8 Å². The molecule has 1 N–H and O–H groups in total. The number of carbonyl (C=O) groups is 3. The van der Waals surface area contributed by atoms with E-state index >= 15 is 0 Å². The normalized spacial score (nSPS) is 14.7. The predicted octanol–water partition coefficient (Wildman–Crippen LogP) is 5.30. The first-order valence-corrected chi connectivity index (χ1v) is 11.4. The van der Waals surface area contributed by atoms with Gasteiger partial charge in [-0.05, 0) is 59.5 Å². The first-order valence-electron chi connectivity index (χ1n) is 11.1. The Morgan fingerprint density at radius 3 is 2.47 bits per heavy atom. The van der Waals surface area contributed by atoms with E-state index in [0.717, 1.165) is 16.0 Å². The second-order valence-corrected chi connectivity index (χ2v) is 8.30. The zero-order valence-electron chi connectivity index (χ0n) is 19.5. The summed E-state index contributed by atoms with van der Waals surface area (Å²) in [6.07, 6.45) is 1.93. The van der Waals surface area contributed by atoms with E-state index in [1.165, 1.54) is 31.4 Å². The van der Waals surface area contributed by atoms with Gasteiger partial charge in [0, 0.05) is 0 Å². The average Bonchev–Trinajstić information content (AvgIpc) is 2.86. The molecule has 7 nitrogen and oxygen atoms in total. The predicted molar refractivity (Wildman–Crippen MR) is 134 cm³/mol. The lowest BCUT2D eigenvalue weighted by atomic mass is 10.0. The van der Waals surface area contributed by atoms with E-state index in [-0.39, 0.29) is 34.5 Å². The molecule has 9 heteroatoms. The third kappa shape index (κ3) is 5.08. The molecule has 3 aromatic carbocycles. The number of hydrogen-bond acceptors (Lipinski definition) is 5. The summed E-state index contributed by atoms with van der Waals surface area (Å²) in [5, 5.41) is 2.40. The maximum absolute atomic E-state index is 13.3. The number of anilines is 1. The van der Waals surface area contributed by atoms with Gasteiger partial charge in [-0.25, -0.2) is 14.1 Å². The topological polar surface area (TPSA) is 84.9 Å². The summed E-state index contributed by atoms with van der Waals surface area (Å²) < 4.78 is 24.3. The molecule has 0 aliphatic carbocycles. The summed E-state index contributed by atoms with van der Waals surface area (Å²) in [5.41, 5.74) is 2.06. The smallest absolute Gasteiger partial charge is 0.335 e. The maximum Gasteiger partial charge on any atom is 0.335 e. The number of methoxy groups -OCH3 is 1. The number of barbiturate groups is 1. The van der Waals surface area contributed by atoms with Gasteiger partial charge >= 0.3 is 6.03 Å². The number of nitrogens with zero attached hydrogens (tertiary/aromatic N) is 1. The molecule has 0 atom stereocenters. The molecule has 4 rings (SSSR count). The van der Waals surface area contributed by atoms with Crippen molar-refractivity contribution in [2.75, 3.05) is 12.0 Å². The molecule has 0 aromatic heterocycles. The third-order valence-corrected chi connectivity index (χ3v) is 5.86. The SMILES string of the molecule is CCc1ccccc1N1C(=O)NC(=O)/C(=C/c2cc(Cl)c(OCc3ccc(F)cc3)c(OC)c2)C1=O. The Morgan fingerprint density at radius 1 is 1.06 bits per heavy atom. The number of rotatable bonds is 7. The molecular weight excluding hydrogens is 487 g/mol.